The Balaban J connectivity index is 1.63. The number of aromatic nitrogens is 1. The van der Waals surface area contributed by atoms with Gasteiger partial charge in [-0.15, -0.1) is 0 Å². The highest BCUT2D eigenvalue weighted by atomic mass is 32.2. The summed E-state index contributed by atoms with van der Waals surface area (Å²) in [6.45, 7) is 8.94. The third-order valence-corrected chi connectivity index (χ3v) is 10.4. The summed E-state index contributed by atoms with van der Waals surface area (Å²) < 4.78 is 59.0. The topological polar surface area (TPSA) is 164 Å². The number of rotatable bonds is 8. The van der Waals surface area contributed by atoms with E-state index < -0.39 is 45.8 Å². The molecule has 0 radical (unpaired) electrons. The molecule has 2 aromatic carbocycles. The molecule has 0 aliphatic carbocycles. The lowest BCUT2D eigenvalue weighted by Gasteiger charge is -2.35. The Bertz CT molecular complexity index is 1680. The number of hydrogen-bond donors (Lipinski definition) is 3. The Morgan fingerprint density at radius 2 is 1.86 bits per heavy atom. The van der Waals surface area contributed by atoms with Crippen molar-refractivity contribution in [3.63, 3.8) is 0 Å². The third kappa shape index (κ3) is 9.56. The van der Waals surface area contributed by atoms with Crippen LogP contribution in [-0.4, -0.2) is 91.4 Å². The number of urea groups is 1. The first-order chi connectivity index (χ1) is 23.2. The minimum atomic E-state index is -3.97. The van der Waals surface area contributed by atoms with Crippen LogP contribution >= 0.6 is 0 Å². The maximum atomic E-state index is 14.4. The monoisotopic (exact) mass is 703 g/mol. The van der Waals surface area contributed by atoms with Crippen LogP contribution in [0.3, 0.4) is 0 Å². The molecular formula is C34H46FN5O8S. The number of anilines is 2. The van der Waals surface area contributed by atoms with Gasteiger partial charge in [-0.05, 0) is 89.4 Å². The number of likely N-dealkylation sites (N-methyl/N-ethyl adjacent to an activating group) is 1. The SMILES string of the molecule is Cc1noc(C)c1NC(=O)Nc1ccc2c(c1)C(=O)N([C@H](C)CO)C[C@@H](C)[C@H](CN(C)S(=O)(=O)c1ccc(F)cc1)OCCCC[C@H](C)O2. The van der Waals surface area contributed by atoms with Gasteiger partial charge in [0.15, 0.2) is 5.76 Å². The van der Waals surface area contributed by atoms with Crippen molar-refractivity contribution < 1.29 is 41.5 Å². The average Bonchev–Trinajstić information content (AvgIpc) is 3.38. The van der Waals surface area contributed by atoms with Crippen LogP contribution in [0.2, 0.25) is 0 Å². The number of fused-ring (bicyclic) bond motifs is 1. The van der Waals surface area contributed by atoms with Gasteiger partial charge in [0.05, 0.1) is 35.3 Å². The molecule has 1 aliphatic heterocycles. The van der Waals surface area contributed by atoms with Crippen molar-refractivity contribution in [3.05, 3.63) is 65.3 Å². The third-order valence-electron chi connectivity index (χ3n) is 8.54. The van der Waals surface area contributed by atoms with E-state index in [2.05, 4.69) is 15.8 Å². The van der Waals surface area contributed by atoms with Gasteiger partial charge in [-0.2, -0.15) is 4.31 Å². The van der Waals surface area contributed by atoms with E-state index in [0.29, 0.717) is 48.0 Å². The number of carbonyl (C=O) groups is 2. The number of amides is 3. The van der Waals surface area contributed by atoms with Crippen LogP contribution in [0.25, 0.3) is 0 Å². The van der Waals surface area contributed by atoms with E-state index >= 15 is 0 Å². The fourth-order valence-electron chi connectivity index (χ4n) is 5.54. The highest BCUT2D eigenvalue weighted by Crippen LogP contribution is 2.29. The van der Waals surface area contributed by atoms with Gasteiger partial charge >= 0.3 is 6.03 Å². The van der Waals surface area contributed by atoms with Gasteiger partial charge in [-0.25, -0.2) is 17.6 Å². The normalized spacial score (nSPS) is 20.2. The van der Waals surface area contributed by atoms with Gasteiger partial charge in [-0.3, -0.25) is 4.79 Å². The minimum absolute atomic E-state index is 0.0270. The van der Waals surface area contributed by atoms with Crippen LogP contribution in [0.1, 0.15) is 61.8 Å². The number of aliphatic hydroxyl groups is 1. The van der Waals surface area contributed by atoms with Crippen LogP contribution in [-0.2, 0) is 14.8 Å². The maximum Gasteiger partial charge on any atom is 0.323 e. The van der Waals surface area contributed by atoms with E-state index in [0.717, 1.165) is 18.6 Å². The Morgan fingerprint density at radius 3 is 2.51 bits per heavy atom. The fraction of sp³-hybridized carbons (Fsp3) is 0.500. The standard InChI is InChI=1S/C34H46FN5O8S/c1-21-18-40(22(2)20-41)33(42)29-17-27(36-34(43)37-32-24(4)38-48-25(32)5)12-15-30(29)47-23(3)9-7-8-16-46-31(21)19-39(6)49(44,45)28-13-10-26(35)11-14-28/h10-15,17,21-23,31,41H,7-9,16,18-20H2,1-6H3,(H2,36,37,43)/t21-,22-,23+,31+/m1/s1. The number of halogens is 1. The molecule has 0 spiro atoms. The molecule has 49 heavy (non-hydrogen) atoms. The summed E-state index contributed by atoms with van der Waals surface area (Å²) in [5, 5.41) is 19.5. The average molecular weight is 704 g/mol. The quantitative estimate of drug-likeness (QED) is 0.287. The molecule has 1 aliphatic rings. The second kappa shape index (κ2) is 16.6. The van der Waals surface area contributed by atoms with Crippen LogP contribution in [0.4, 0.5) is 20.6 Å². The van der Waals surface area contributed by atoms with Gasteiger partial charge in [0.2, 0.25) is 10.0 Å². The van der Waals surface area contributed by atoms with E-state index in [1.54, 1.807) is 32.9 Å². The number of ether oxygens (including phenoxy) is 2. The van der Waals surface area contributed by atoms with Crippen molar-refractivity contribution in [2.75, 3.05) is 44.0 Å². The van der Waals surface area contributed by atoms with E-state index in [4.69, 9.17) is 14.0 Å². The zero-order chi connectivity index (χ0) is 35.9. The molecule has 1 aromatic heterocycles. The van der Waals surface area contributed by atoms with Gasteiger partial charge < -0.3 is 34.6 Å². The molecule has 0 saturated carbocycles. The van der Waals surface area contributed by atoms with Crippen molar-refractivity contribution in [1.29, 1.82) is 0 Å². The molecule has 13 nitrogen and oxygen atoms in total. The number of benzene rings is 2. The Hall–Kier alpha value is -4.05. The first-order valence-corrected chi connectivity index (χ1v) is 17.7. The number of nitrogens with one attached hydrogen (secondary N) is 2. The molecule has 3 N–H and O–H groups in total. The van der Waals surface area contributed by atoms with E-state index in [1.807, 2.05) is 13.8 Å². The molecular weight excluding hydrogens is 657 g/mol. The number of aryl methyl sites for hydroxylation is 2. The van der Waals surface area contributed by atoms with Crippen LogP contribution < -0.4 is 15.4 Å². The van der Waals surface area contributed by atoms with Gasteiger partial charge in [0.1, 0.15) is 22.9 Å². The van der Waals surface area contributed by atoms with Gasteiger partial charge in [-0.1, -0.05) is 12.1 Å². The lowest BCUT2D eigenvalue weighted by atomic mass is 10.0. The molecule has 3 aromatic rings. The number of hydrogen-bond acceptors (Lipinski definition) is 9. The first kappa shape index (κ1) is 37.8. The van der Waals surface area contributed by atoms with Crippen molar-refractivity contribution in [3.8, 4) is 5.75 Å². The number of nitrogens with zero attached hydrogens (tertiary/aromatic N) is 3. The molecule has 0 unspecified atom stereocenters. The summed E-state index contributed by atoms with van der Waals surface area (Å²) >= 11 is 0. The van der Waals surface area contributed by atoms with Gasteiger partial charge in [0.25, 0.3) is 5.91 Å². The molecule has 3 amide bonds. The minimum Gasteiger partial charge on any atom is -0.490 e. The predicted molar refractivity (Wildman–Crippen MR) is 182 cm³/mol. The van der Waals surface area contributed by atoms with Crippen LogP contribution in [0, 0.1) is 25.6 Å². The molecule has 0 fully saturated rings. The van der Waals surface area contributed by atoms with E-state index in [-0.39, 0.29) is 36.3 Å². The Kier molecular flexibility index (Phi) is 12.8. The lowest BCUT2D eigenvalue weighted by Crippen LogP contribution is -2.48. The molecule has 0 bridgehead atoms. The number of sulfonamides is 1. The van der Waals surface area contributed by atoms with Crippen LogP contribution in [0.5, 0.6) is 5.75 Å². The molecule has 2 heterocycles. The first-order valence-electron chi connectivity index (χ1n) is 16.3. The molecule has 268 valence electrons. The Morgan fingerprint density at radius 1 is 1.14 bits per heavy atom. The van der Waals surface area contributed by atoms with E-state index in [9.17, 15) is 27.5 Å². The maximum absolute atomic E-state index is 14.4. The van der Waals surface area contributed by atoms with E-state index in [1.165, 1.54) is 34.5 Å². The Labute approximate surface area is 286 Å². The summed E-state index contributed by atoms with van der Waals surface area (Å²) in [5.74, 6) is -0.617. The summed E-state index contributed by atoms with van der Waals surface area (Å²) in [4.78, 5) is 28.7. The second-order valence-electron chi connectivity index (χ2n) is 12.5. The molecule has 0 saturated heterocycles. The summed E-state index contributed by atoms with van der Waals surface area (Å²) in [5.41, 5.74) is 1.46. The highest BCUT2D eigenvalue weighted by Gasteiger charge is 2.32. The number of aliphatic hydroxyl groups excluding tert-OH is 1. The summed E-state index contributed by atoms with van der Waals surface area (Å²) in [6.07, 6.45) is 1.22. The molecule has 15 heteroatoms. The van der Waals surface area contributed by atoms with Crippen molar-refractivity contribution in [1.82, 2.24) is 14.4 Å². The van der Waals surface area contributed by atoms with Crippen molar-refractivity contribution in [2.45, 2.75) is 77.0 Å². The van der Waals surface area contributed by atoms with Crippen molar-refractivity contribution >= 4 is 33.3 Å². The lowest BCUT2D eigenvalue weighted by molar-refractivity contribution is -0.00834. The zero-order valence-corrected chi connectivity index (χ0v) is 29.5. The van der Waals surface area contributed by atoms with Crippen molar-refractivity contribution in [2.24, 2.45) is 5.92 Å². The largest absolute Gasteiger partial charge is 0.490 e. The van der Waals surface area contributed by atoms with Gasteiger partial charge in [0, 0.05) is 38.3 Å². The summed E-state index contributed by atoms with van der Waals surface area (Å²) in [7, 11) is -2.53. The number of carbonyl (C=O) groups excluding carboxylic acids is 2. The van der Waals surface area contributed by atoms with Crippen LogP contribution in [0.15, 0.2) is 51.9 Å². The predicted octanol–water partition coefficient (Wildman–Crippen LogP) is 5.19. The highest BCUT2D eigenvalue weighted by molar-refractivity contribution is 7.89. The molecule has 4 atom stereocenters. The fourth-order valence-corrected chi connectivity index (χ4v) is 6.72. The summed E-state index contributed by atoms with van der Waals surface area (Å²) in [6, 6.07) is 8.22. The second-order valence-corrected chi connectivity index (χ2v) is 14.6. The molecule has 4 rings (SSSR count). The smallest absolute Gasteiger partial charge is 0.323 e. The zero-order valence-electron chi connectivity index (χ0n) is 28.7.